The molecule has 1 atom stereocenters. The van der Waals surface area contributed by atoms with Crippen LogP contribution in [-0.2, 0) is 9.53 Å². The number of nitrogens with one attached hydrogen (secondary N) is 1. The first-order valence-electron chi connectivity index (χ1n) is 6.00. The smallest absolute Gasteiger partial charge is 0.408 e. The maximum atomic E-state index is 13.0. The van der Waals surface area contributed by atoms with Crippen molar-refractivity contribution in [1.29, 1.82) is 0 Å². The van der Waals surface area contributed by atoms with E-state index in [1.807, 2.05) is 0 Å². The Morgan fingerprint density at radius 2 is 2.05 bits per heavy atom. The summed E-state index contributed by atoms with van der Waals surface area (Å²) in [5.41, 5.74) is 0. The summed E-state index contributed by atoms with van der Waals surface area (Å²) in [4.78, 5) is 22.4. The topological polar surface area (TPSA) is 75.6 Å². The number of halogens is 2. The fourth-order valence-electron chi connectivity index (χ4n) is 2.08. The minimum Gasteiger partial charge on any atom is -0.480 e. The molecule has 1 rings (SSSR count). The number of carbonyl (C=O) groups excluding carboxylic acids is 1. The van der Waals surface area contributed by atoms with Gasteiger partial charge in [-0.15, -0.1) is 0 Å². The number of ether oxygens (including phenoxy) is 1. The molecule has 0 spiro atoms. The van der Waals surface area contributed by atoms with Crippen molar-refractivity contribution < 1.29 is 28.2 Å². The lowest BCUT2D eigenvalue weighted by molar-refractivity contribution is -0.142. The van der Waals surface area contributed by atoms with Crippen LogP contribution in [0.2, 0.25) is 0 Å². The summed E-state index contributed by atoms with van der Waals surface area (Å²) < 4.78 is 30.6. The van der Waals surface area contributed by atoms with Gasteiger partial charge in [-0.05, 0) is 18.8 Å². The van der Waals surface area contributed by atoms with Crippen LogP contribution in [0.4, 0.5) is 13.6 Å². The van der Waals surface area contributed by atoms with Gasteiger partial charge in [0.1, 0.15) is 12.6 Å². The number of alkyl halides is 2. The lowest BCUT2D eigenvalue weighted by atomic mass is 9.82. The Kier molecular flexibility index (Phi) is 5.26. The van der Waals surface area contributed by atoms with E-state index in [-0.39, 0.29) is 32.3 Å². The van der Waals surface area contributed by atoms with Crippen LogP contribution >= 0.6 is 0 Å². The monoisotopic (exact) mass is 277 g/mol. The summed E-state index contributed by atoms with van der Waals surface area (Å²) in [6.07, 6.45) is -0.131. The van der Waals surface area contributed by atoms with Crippen LogP contribution in [0.15, 0.2) is 12.7 Å². The number of rotatable bonds is 5. The molecule has 0 aromatic carbocycles. The molecular formula is C12H17F2NO4. The average molecular weight is 277 g/mol. The molecular weight excluding hydrogens is 260 g/mol. The van der Waals surface area contributed by atoms with Gasteiger partial charge in [-0.3, -0.25) is 0 Å². The zero-order chi connectivity index (χ0) is 14.5. The van der Waals surface area contributed by atoms with Crippen LogP contribution in [0.5, 0.6) is 0 Å². The van der Waals surface area contributed by atoms with Gasteiger partial charge in [0.2, 0.25) is 5.92 Å². The Balaban J connectivity index is 2.56. The van der Waals surface area contributed by atoms with Crippen LogP contribution in [-0.4, -0.2) is 35.7 Å². The zero-order valence-corrected chi connectivity index (χ0v) is 10.4. The highest BCUT2D eigenvalue weighted by molar-refractivity contribution is 5.80. The summed E-state index contributed by atoms with van der Waals surface area (Å²) >= 11 is 0. The minimum atomic E-state index is -2.73. The molecule has 1 aliphatic carbocycles. The number of hydrogen-bond donors (Lipinski definition) is 2. The molecule has 0 heterocycles. The van der Waals surface area contributed by atoms with E-state index >= 15 is 0 Å². The quantitative estimate of drug-likeness (QED) is 0.755. The fourth-order valence-corrected chi connectivity index (χ4v) is 2.08. The van der Waals surface area contributed by atoms with Crippen molar-refractivity contribution >= 4 is 12.1 Å². The van der Waals surface area contributed by atoms with Gasteiger partial charge in [0.25, 0.3) is 0 Å². The van der Waals surface area contributed by atoms with Crippen LogP contribution in [0, 0.1) is 5.92 Å². The number of carboxylic acid groups (broad SMARTS) is 1. The summed E-state index contributed by atoms with van der Waals surface area (Å²) in [7, 11) is 0. The Morgan fingerprint density at radius 1 is 1.47 bits per heavy atom. The van der Waals surface area contributed by atoms with E-state index in [0.29, 0.717) is 0 Å². The lowest BCUT2D eigenvalue weighted by Crippen LogP contribution is -2.48. The van der Waals surface area contributed by atoms with E-state index in [4.69, 9.17) is 5.11 Å². The van der Waals surface area contributed by atoms with Crippen LogP contribution in [0.1, 0.15) is 25.7 Å². The second-order valence-electron chi connectivity index (χ2n) is 4.54. The fraction of sp³-hybridized carbons (Fsp3) is 0.667. The lowest BCUT2D eigenvalue weighted by Gasteiger charge is -2.31. The number of carbonyl (C=O) groups is 2. The summed E-state index contributed by atoms with van der Waals surface area (Å²) in [6, 6.07) is -1.20. The summed E-state index contributed by atoms with van der Waals surface area (Å²) in [5, 5.41) is 11.2. The van der Waals surface area contributed by atoms with Crippen LogP contribution < -0.4 is 5.32 Å². The molecule has 1 amide bonds. The van der Waals surface area contributed by atoms with E-state index in [9.17, 15) is 18.4 Å². The molecule has 1 saturated carbocycles. The van der Waals surface area contributed by atoms with Crippen LogP contribution in [0.3, 0.4) is 0 Å². The highest BCUT2D eigenvalue weighted by atomic mass is 19.3. The molecule has 5 nitrogen and oxygen atoms in total. The standard InChI is InChI=1S/C12H17F2NO4/c1-2-7-19-11(18)15-9(10(16)17)8-3-5-12(13,14)6-4-8/h2,8-9H,1,3-7H2,(H,15,18)(H,16,17). The molecule has 1 fully saturated rings. The van der Waals surface area contributed by atoms with Crippen molar-refractivity contribution in [2.24, 2.45) is 5.92 Å². The maximum absolute atomic E-state index is 13.0. The molecule has 0 aliphatic heterocycles. The zero-order valence-electron chi connectivity index (χ0n) is 10.4. The number of carboxylic acids is 1. The molecule has 1 aliphatic rings. The van der Waals surface area contributed by atoms with Crippen molar-refractivity contribution in [3.63, 3.8) is 0 Å². The number of hydrogen-bond acceptors (Lipinski definition) is 3. The van der Waals surface area contributed by atoms with Crippen molar-refractivity contribution in [1.82, 2.24) is 5.32 Å². The molecule has 0 bridgehead atoms. The van der Waals surface area contributed by atoms with Gasteiger partial charge in [-0.2, -0.15) is 0 Å². The number of alkyl carbamates (subject to hydrolysis) is 1. The van der Waals surface area contributed by atoms with Gasteiger partial charge in [-0.1, -0.05) is 12.7 Å². The first-order valence-corrected chi connectivity index (χ1v) is 6.00. The third-order valence-corrected chi connectivity index (χ3v) is 3.10. The second kappa shape index (κ2) is 6.49. The molecule has 0 saturated heterocycles. The van der Waals surface area contributed by atoms with Gasteiger partial charge < -0.3 is 15.2 Å². The average Bonchev–Trinajstić information content (AvgIpc) is 2.33. The molecule has 108 valence electrons. The summed E-state index contributed by atoms with van der Waals surface area (Å²) in [5.74, 6) is -4.48. The minimum absolute atomic E-state index is 0.0408. The summed E-state index contributed by atoms with van der Waals surface area (Å²) in [6.45, 7) is 3.31. The molecule has 19 heavy (non-hydrogen) atoms. The van der Waals surface area contributed by atoms with Crippen molar-refractivity contribution in [3.05, 3.63) is 12.7 Å². The van der Waals surface area contributed by atoms with Crippen molar-refractivity contribution in [2.45, 2.75) is 37.6 Å². The van der Waals surface area contributed by atoms with E-state index in [2.05, 4.69) is 16.6 Å². The Hall–Kier alpha value is -1.66. The van der Waals surface area contributed by atoms with Crippen molar-refractivity contribution in [2.75, 3.05) is 6.61 Å². The normalized spacial score (nSPS) is 20.3. The molecule has 0 radical (unpaired) electrons. The highest BCUT2D eigenvalue weighted by Crippen LogP contribution is 2.37. The second-order valence-corrected chi connectivity index (χ2v) is 4.54. The van der Waals surface area contributed by atoms with Crippen molar-refractivity contribution in [3.8, 4) is 0 Å². The largest absolute Gasteiger partial charge is 0.480 e. The Labute approximate surface area is 109 Å². The molecule has 0 aromatic rings. The molecule has 2 N–H and O–H groups in total. The number of amides is 1. The Bertz CT molecular complexity index is 350. The molecule has 7 heteroatoms. The van der Waals surface area contributed by atoms with E-state index in [1.165, 1.54) is 6.08 Å². The van der Waals surface area contributed by atoms with Gasteiger partial charge in [0, 0.05) is 12.8 Å². The molecule has 1 unspecified atom stereocenters. The van der Waals surface area contributed by atoms with Gasteiger partial charge in [0.15, 0.2) is 0 Å². The Morgan fingerprint density at radius 3 is 2.53 bits per heavy atom. The van der Waals surface area contributed by atoms with Gasteiger partial charge in [0.05, 0.1) is 0 Å². The SMILES string of the molecule is C=CCOC(=O)NC(C(=O)O)C1CCC(F)(F)CC1. The van der Waals surface area contributed by atoms with Gasteiger partial charge in [-0.25, -0.2) is 18.4 Å². The highest BCUT2D eigenvalue weighted by Gasteiger charge is 2.40. The predicted octanol–water partition coefficient (Wildman–Crippen LogP) is 2.18. The third kappa shape index (κ3) is 4.84. The first kappa shape index (κ1) is 15.4. The van der Waals surface area contributed by atoms with E-state index < -0.39 is 29.9 Å². The third-order valence-electron chi connectivity index (χ3n) is 3.10. The first-order chi connectivity index (χ1) is 8.85. The molecule has 0 aromatic heterocycles. The predicted molar refractivity (Wildman–Crippen MR) is 63.0 cm³/mol. The van der Waals surface area contributed by atoms with E-state index in [0.717, 1.165) is 0 Å². The maximum Gasteiger partial charge on any atom is 0.408 e. The van der Waals surface area contributed by atoms with E-state index in [1.54, 1.807) is 0 Å². The van der Waals surface area contributed by atoms with Crippen LogP contribution in [0.25, 0.3) is 0 Å². The number of aliphatic carboxylic acids is 1. The van der Waals surface area contributed by atoms with Gasteiger partial charge >= 0.3 is 12.1 Å².